The molecule has 2 aliphatic heterocycles. The quantitative estimate of drug-likeness (QED) is 0.705. The van der Waals surface area contributed by atoms with Crippen molar-refractivity contribution in [3.8, 4) is 0 Å². The zero-order valence-electron chi connectivity index (χ0n) is 14.7. The normalized spacial score (nSPS) is 25.8. The second kappa shape index (κ2) is 6.89. The molecule has 2 fully saturated rings. The van der Waals surface area contributed by atoms with Gasteiger partial charge in [0.05, 0.1) is 27.8 Å². The molecule has 3 atom stereocenters. The van der Waals surface area contributed by atoms with E-state index in [-0.39, 0.29) is 30.0 Å². The molecule has 5 rings (SSSR count). The van der Waals surface area contributed by atoms with Gasteiger partial charge in [-0.1, -0.05) is 18.2 Å². The van der Waals surface area contributed by atoms with Gasteiger partial charge >= 0.3 is 0 Å². The number of ether oxygens (including phenoxy) is 1. The van der Waals surface area contributed by atoms with E-state index in [2.05, 4.69) is 22.8 Å². The van der Waals surface area contributed by atoms with Gasteiger partial charge in [0.15, 0.2) is 0 Å². The highest BCUT2D eigenvalue weighted by Gasteiger charge is 2.37. The van der Waals surface area contributed by atoms with E-state index in [4.69, 9.17) is 4.74 Å². The maximum absolute atomic E-state index is 12.9. The van der Waals surface area contributed by atoms with E-state index in [1.54, 1.807) is 22.7 Å². The third-order valence-electron chi connectivity index (χ3n) is 5.40. The van der Waals surface area contributed by atoms with Crippen molar-refractivity contribution < 1.29 is 14.3 Å². The Labute approximate surface area is 164 Å². The largest absolute Gasteiger partial charge is 0.376 e. The van der Waals surface area contributed by atoms with Crippen molar-refractivity contribution in [2.75, 3.05) is 6.61 Å². The first-order chi connectivity index (χ1) is 13.2. The number of fused-ring (bicyclic) bond motifs is 3. The van der Waals surface area contributed by atoms with Gasteiger partial charge in [-0.25, -0.2) is 0 Å². The molecule has 0 spiro atoms. The predicted octanol–water partition coefficient (Wildman–Crippen LogP) is 3.67. The molecule has 7 heteroatoms. The average molecular weight is 401 g/mol. The number of piperidine rings is 1. The van der Waals surface area contributed by atoms with E-state index < -0.39 is 0 Å². The third kappa shape index (κ3) is 3.13. The summed E-state index contributed by atoms with van der Waals surface area (Å²) < 4.78 is 9.36. The molecule has 4 heterocycles. The molecule has 5 nitrogen and oxygen atoms in total. The van der Waals surface area contributed by atoms with Crippen LogP contribution in [-0.4, -0.2) is 36.6 Å². The van der Waals surface area contributed by atoms with Gasteiger partial charge in [0.2, 0.25) is 5.91 Å². The number of hydrogen-bond donors (Lipinski definition) is 2. The molecule has 3 aromatic rings. The van der Waals surface area contributed by atoms with Gasteiger partial charge < -0.3 is 15.4 Å². The molecule has 0 radical (unpaired) electrons. The van der Waals surface area contributed by atoms with E-state index in [0.29, 0.717) is 12.8 Å². The van der Waals surface area contributed by atoms with Gasteiger partial charge in [-0.3, -0.25) is 9.59 Å². The molecule has 0 bridgehead atoms. The summed E-state index contributed by atoms with van der Waals surface area (Å²) in [6, 6.07) is 10.1. The van der Waals surface area contributed by atoms with Crippen LogP contribution in [0.15, 0.2) is 30.3 Å². The van der Waals surface area contributed by atoms with Crippen molar-refractivity contribution in [2.45, 2.75) is 43.9 Å². The number of rotatable bonds is 3. The highest BCUT2D eigenvalue weighted by molar-refractivity contribution is 7.33. The van der Waals surface area contributed by atoms with Crippen LogP contribution in [0.25, 0.3) is 19.5 Å². The van der Waals surface area contributed by atoms with Crippen LogP contribution >= 0.6 is 22.7 Å². The second-order valence-corrected chi connectivity index (χ2v) is 9.30. The van der Waals surface area contributed by atoms with Gasteiger partial charge in [0.1, 0.15) is 0 Å². The Hall–Kier alpha value is -1.96. The standard InChI is InChI=1S/C20H20N2O3S2/c23-17-8-7-12(18(22-17)13-5-3-9-25-13)21-20(24)16-10-15-19(27-16)11-4-1-2-6-14(11)26-15/h1-2,4,6,10,12-13,18H,3,5,7-9H2,(H,21,24)(H,22,23). The van der Waals surface area contributed by atoms with Crippen molar-refractivity contribution in [1.82, 2.24) is 10.6 Å². The smallest absolute Gasteiger partial charge is 0.261 e. The molecule has 1 aromatic carbocycles. The van der Waals surface area contributed by atoms with Crippen molar-refractivity contribution in [3.63, 3.8) is 0 Å². The molecular weight excluding hydrogens is 380 g/mol. The van der Waals surface area contributed by atoms with Crippen LogP contribution in [-0.2, 0) is 9.53 Å². The summed E-state index contributed by atoms with van der Waals surface area (Å²) in [7, 11) is 0. The Kier molecular flexibility index (Phi) is 4.38. The molecule has 140 valence electrons. The first-order valence-electron chi connectivity index (χ1n) is 9.32. The Morgan fingerprint density at radius 1 is 1.19 bits per heavy atom. The minimum atomic E-state index is -0.139. The van der Waals surface area contributed by atoms with E-state index in [1.807, 2.05) is 18.2 Å². The number of carbonyl (C=O) groups excluding carboxylic acids is 2. The highest BCUT2D eigenvalue weighted by Crippen LogP contribution is 2.39. The zero-order chi connectivity index (χ0) is 18.4. The summed E-state index contributed by atoms with van der Waals surface area (Å²) in [6.07, 6.45) is 3.03. The Morgan fingerprint density at radius 2 is 2.07 bits per heavy atom. The summed E-state index contributed by atoms with van der Waals surface area (Å²) in [5, 5.41) is 7.41. The van der Waals surface area contributed by atoms with Crippen molar-refractivity contribution >= 4 is 54.0 Å². The molecule has 2 saturated heterocycles. The topological polar surface area (TPSA) is 67.4 Å². The van der Waals surface area contributed by atoms with Crippen LogP contribution in [0, 0.1) is 0 Å². The fourth-order valence-corrected chi connectivity index (χ4v) is 6.50. The predicted molar refractivity (Wildman–Crippen MR) is 109 cm³/mol. The van der Waals surface area contributed by atoms with Crippen molar-refractivity contribution in [2.24, 2.45) is 0 Å². The Morgan fingerprint density at radius 3 is 2.93 bits per heavy atom. The van der Waals surface area contributed by atoms with Gasteiger partial charge in [-0.05, 0) is 31.4 Å². The van der Waals surface area contributed by atoms with E-state index in [9.17, 15) is 9.59 Å². The van der Waals surface area contributed by atoms with Crippen molar-refractivity contribution in [1.29, 1.82) is 0 Å². The first kappa shape index (κ1) is 17.2. The van der Waals surface area contributed by atoms with Crippen LogP contribution in [0.2, 0.25) is 0 Å². The van der Waals surface area contributed by atoms with Gasteiger partial charge in [0, 0.05) is 27.8 Å². The lowest BCUT2D eigenvalue weighted by Crippen LogP contribution is -2.60. The van der Waals surface area contributed by atoms with E-state index in [0.717, 1.165) is 29.0 Å². The molecule has 2 aromatic heterocycles. The van der Waals surface area contributed by atoms with Crippen LogP contribution < -0.4 is 10.6 Å². The molecule has 2 N–H and O–H groups in total. The summed E-state index contributed by atoms with van der Waals surface area (Å²) in [4.78, 5) is 25.5. The Bertz CT molecular complexity index is 1020. The number of benzene rings is 1. The lowest BCUT2D eigenvalue weighted by atomic mass is 9.92. The second-order valence-electron chi connectivity index (χ2n) is 7.17. The van der Waals surface area contributed by atoms with Gasteiger partial charge in [-0.15, -0.1) is 22.7 Å². The summed E-state index contributed by atoms with van der Waals surface area (Å²) in [5.41, 5.74) is 0. The molecular formula is C20H20N2O3S2. The zero-order valence-corrected chi connectivity index (χ0v) is 16.3. The maximum Gasteiger partial charge on any atom is 0.261 e. The lowest BCUT2D eigenvalue weighted by molar-refractivity contribution is -0.125. The van der Waals surface area contributed by atoms with Crippen LogP contribution in [0.3, 0.4) is 0 Å². The highest BCUT2D eigenvalue weighted by atomic mass is 32.1. The monoisotopic (exact) mass is 400 g/mol. The number of hydrogen-bond acceptors (Lipinski definition) is 5. The fourth-order valence-electron chi connectivity index (χ4n) is 4.08. The molecule has 0 saturated carbocycles. The summed E-state index contributed by atoms with van der Waals surface area (Å²) in [6.45, 7) is 0.728. The number of thiophene rings is 2. The minimum absolute atomic E-state index is 0.00433. The minimum Gasteiger partial charge on any atom is -0.376 e. The van der Waals surface area contributed by atoms with Crippen LogP contribution in [0.4, 0.5) is 0 Å². The average Bonchev–Trinajstić information content (AvgIpc) is 3.39. The number of nitrogens with one attached hydrogen (secondary N) is 2. The van der Waals surface area contributed by atoms with Crippen LogP contribution in [0.1, 0.15) is 35.4 Å². The fraction of sp³-hybridized carbons (Fsp3) is 0.400. The van der Waals surface area contributed by atoms with Crippen LogP contribution in [0.5, 0.6) is 0 Å². The molecule has 0 aliphatic carbocycles. The number of carbonyl (C=O) groups is 2. The van der Waals surface area contributed by atoms with E-state index in [1.165, 1.54) is 14.8 Å². The summed E-state index contributed by atoms with van der Waals surface area (Å²) in [5.74, 6) is -0.0132. The third-order valence-corrected chi connectivity index (χ3v) is 7.81. The van der Waals surface area contributed by atoms with Crippen molar-refractivity contribution in [3.05, 3.63) is 35.2 Å². The number of amides is 2. The molecule has 3 unspecified atom stereocenters. The molecule has 27 heavy (non-hydrogen) atoms. The van der Waals surface area contributed by atoms with Gasteiger partial charge in [-0.2, -0.15) is 0 Å². The lowest BCUT2D eigenvalue weighted by Gasteiger charge is -2.35. The van der Waals surface area contributed by atoms with E-state index >= 15 is 0 Å². The maximum atomic E-state index is 12.9. The first-order valence-corrected chi connectivity index (χ1v) is 11.0. The SMILES string of the molecule is O=C1CCC(NC(=O)c2cc3sc4ccccc4c3s2)C(C2CCCO2)N1. The Balaban J connectivity index is 1.38. The molecule has 2 aliphatic rings. The van der Waals surface area contributed by atoms with Gasteiger partial charge in [0.25, 0.3) is 5.91 Å². The summed E-state index contributed by atoms with van der Waals surface area (Å²) >= 11 is 3.26. The molecule has 2 amide bonds.